The molecule has 0 spiro atoms. The summed E-state index contributed by atoms with van der Waals surface area (Å²) in [5.41, 5.74) is 3.18. The zero-order valence-corrected chi connectivity index (χ0v) is 16.1. The molecule has 0 aliphatic heterocycles. The third kappa shape index (κ3) is 5.60. The predicted octanol–water partition coefficient (Wildman–Crippen LogP) is 2.89. The molecule has 2 aromatic rings. The molecular formula is C18H17Cl2N3O4. The summed E-state index contributed by atoms with van der Waals surface area (Å²) < 4.78 is 10.3. The van der Waals surface area contributed by atoms with Crippen LogP contribution in [0.3, 0.4) is 0 Å². The van der Waals surface area contributed by atoms with Gasteiger partial charge in [0, 0.05) is 11.1 Å². The number of hydrazone groups is 1. The van der Waals surface area contributed by atoms with E-state index in [2.05, 4.69) is 15.8 Å². The Morgan fingerprint density at radius 2 is 1.85 bits per heavy atom. The van der Waals surface area contributed by atoms with Crippen molar-refractivity contribution in [3.05, 3.63) is 57.6 Å². The van der Waals surface area contributed by atoms with Crippen LogP contribution in [0.1, 0.15) is 15.9 Å². The van der Waals surface area contributed by atoms with Gasteiger partial charge in [0.25, 0.3) is 11.8 Å². The molecule has 0 atom stereocenters. The van der Waals surface area contributed by atoms with Crippen molar-refractivity contribution in [2.45, 2.75) is 0 Å². The summed E-state index contributed by atoms with van der Waals surface area (Å²) in [4.78, 5) is 23.9. The Hall–Kier alpha value is -2.77. The average Bonchev–Trinajstić information content (AvgIpc) is 2.68. The summed E-state index contributed by atoms with van der Waals surface area (Å²) >= 11 is 11.9. The molecule has 2 aromatic carbocycles. The van der Waals surface area contributed by atoms with Gasteiger partial charge in [-0.1, -0.05) is 35.3 Å². The molecular weight excluding hydrogens is 393 g/mol. The lowest BCUT2D eigenvalue weighted by Crippen LogP contribution is -2.34. The molecule has 142 valence electrons. The quantitative estimate of drug-likeness (QED) is 0.543. The lowest BCUT2D eigenvalue weighted by molar-refractivity contribution is -0.120. The second-order valence-electron chi connectivity index (χ2n) is 5.19. The maximum atomic E-state index is 12.1. The van der Waals surface area contributed by atoms with Crippen LogP contribution in [-0.2, 0) is 4.79 Å². The Morgan fingerprint density at radius 3 is 2.56 bits per heavy atom. The van der Waals surface area contributed by atoms with Crippen LogP contribution < -0.4 is 20.2 Å². The van der Waals surface area contributed by atoms with E-state index in [0.717, 1.165) is 0 Å². The minimum absolute atomic E-state index is 0.256. The molecule has 0 aromatic heterocycles. The van der Waals surface area contributed by atoms with Crippen molar-refractivity contribution in [2.24, 2.45) is 5.10 Å². The zero-order valence-electron chi connectivity index (χ0n) is 14.6. The van der Waals surface area contributed by atoms with Gasteiger partial charge in [-0.25, -0.2) is 5.43 Å². The van der Waals surface area contributed by atoms with E-state index in [1.54, 1.807) is 30.3 Å². The molecule has 0 saturated carbocycles. The van der Waals surface area contributed by atoms with Gasteiger partial charge in [-0.3, -0.25) is 9.59 Å². The SMILES string of the molecule is COc1ccc(C(=O)NCC(=O)N/N=C/c2cccc(Cl)c2Cl)cc1OC. The van der Waals surface area contributed by atoms with Crippen molar-refractivity contribution < 1.29 is 19.1 Å². The number of ether oxygens (including phenoxy) is 2. The zero-order chi connectivity index (χ0) is 19.8. The predicted molar refractivity (Wildman–Crippen MR) is 104 cm³/mol. The van der Waals surface area contributed by atoms with Crippen LogP contribution in [0, 0.1) is 0 Å². The van der Waals surface area contributed by atoms with Crippen molar-refractivity contribution in [2.75, 3.05) is 20.8 Å². The summed E-state index contributed by atoms with van der Waals surface area (Å²) in [5.74, 6) is -0.0235. The number of carbonyl (C=O) groups is 2. The fraction of sp³-hybridized carbons (Fsp3) is 0.167. The Balaban J connectivity index is 1.89. The van der Waals surface area contributed by atoms with E-state index in [9.17, 15) is 9.59 Å². The summed E-state index contributed by atoms with van der Waals surface area (Å²) in [7, 11) is 2.97. The van der Waals surface area contributed by atoms with Gasteiger partial charge in [-0.15, -0.1) is 0 Å². The number of rotatable bonds is 7. The molecule has 0 aliphatic carbocycles. The van der Waals surface area contributed by atoms with Gasteiger partial charge >= 0.3 is 0 Å². The van der Waals surface area contributed by atoms with Crippen LogP contribution in [0.25, 0.3) is 0 Å². The molecule has 0 bridgehead atoms. The number of amides is 2. The highest BCUT2D eigenvalue weighted by atomic mass is 35.5. The number of benzene rings is 2. The fourth-order valence-electron chi connectivity index (χ4n) is 2.07. The molecule has 0 unspecified atom stereocenters. The Morgan fingerprint density at radius 1 is 1.11 bits per heavy atom. The third-order valence-electron chi connectivity index (χ3n) is 3.43. The van der Waals surface area contributed by atoms with E-state index in [4.69, 9.17) is 32.7 Å². The monoisotopic (exact) mass is 409 g/mol. The molecule has 0 radical (unpaired) electrons. The molecule has 0 fully saturated rings. The molecule has 0 aliphatic rings. The molecule has 2 N–H and O–H groups in total. The number of hydrogen-bond donors (Lipinski definition) is 2. The van der Waals surface area contributed by atoms with Crippen molar-refractivity contribution in [3.8, 4) is 11.5 Å². The smallest absolute Gasteiger partial charge is 0.259 e. The van der Waals surface area contributed by atoms with E-state index in [-0.39, 0.29) is 6.54 Å². The van der Waals surface area contributed by atoms with E-state index >= 15 is 0 Å². The van der Waals surface area contributed by atoms with Crippen LogP contribution in [0.15, 0.2) is 41.5 Å². The lowest BCUT2D eigenvalue weighted by atomic mass is 10.2. The van der Waals surface area contributed by atoms with E-state index in [1.807, 2.05) is 0 Å². The maximum Gasteiger partial charge on any atom is 0.259 e. The first-order chi connectivity index (χ1) is 13.0. The minimum atomic E-state index is -0.502. The van der Waals surface area contributed by atoms with Crippen LogP contribution in [0.2, 0.25) is 10.0 Å². The van der Waals surface area contributed by atoms with Crippen molar-refractivity contribution in [1.29, 1.82) is 0 Å². The highest BCUT2D eigenvalue weighted by molar-refractivity contribution is 6.43. The van der Waals surface area contributed by atoms with Crippen LogP contribution in [0.4, 0.5) is 0 Å². The molecule has 7 nitrogen and oxygen atoms in total. The standard InChI is InChI=1S/C18H17Cl2N3O4/c1-26-14-7-6-11(8-15(14)27-2)18(25)21-10-16(24)23-22-9-12-4-3-5-13(19)17(12)20/h3-9H,10H2,1-2H3,(H,21,25)(H,23,24)/b22-9+. The van der Waals surface area contributed by atoms with Gasteiger partial charge in [-0.05, 0) is 24.3 Å². The topological polar surface area (TPSA) is 89.0 Å². The van der Waals surface area contributed by atoms with Crippen molar-refractivity contribution >= 4 is 41.2 Å². The van der Waals surface area contributed by atoms with Crippen molar-refractivity contribution in [3.63, 3.8) is 0 Å². The summed E-state index contributed by atoms with van der Waals surface area (Å²) in [6.45, 7) is -0.256. The Bertz CT molecular complexity index is 872. The lowest BCUT2D eigenvalue weighted by Gasteiger charge is -2.09. The molecule has 9 heteroatoms. The molecule has 0 heterocycles. The van der Waals surface area contributed by atoms with Gasteiger partial charge in [0.1, 0.15) is 0 Å². The van der Waals surface area contributed by atoms with E-state index < -0.39 is 11.8 Å². The summed E-state index contributed by atoms with van der Waals surface area (Å²) in [5, 5.41) is 6.99. The van der Waals surface area contributed by atoms with Crippen LogP contribution in [-0.4, -0.2) is 38.8 Å². The molecule has 27 heavy (non-hydrogen) atoms. The third-order valence-corrected chi connectivity index (χ3v) is 4.26. The molecule has 0 saturated heterocycles. The first-order valence-corrected chi connectivity index (χ1v) is 8.48. The van der Waals surface area contributed by atoms with Gasteiger partial charge in [0.15, 0.2) is 11.5 Å². The van der Waals surface area contributed by atoms with Gasteiger partial charge in [-0.2, -0.15) is 5.10 Å². The molecule has 2 rings (SSSR count). The largest absolute Gasteiger partial charge is 0.493 e. The first kappa shape index (κ1) is 20.5. The summed E-state index contributed by atoms with van der Waals surface area (Å²) in [6.07, 6.45) is 1.36. The van der Waals surface area contributed by atoms with Gasteiger partial charge in [0.2, 0.25) is 0 Å². The van der Waals surface area contributed by atoms with Crippen LogP contribution in [0.5, 0.6) is 11.5 Å². The van der Waals surface area contributed by atoms with Crippen molar-refractivity contribution in [1.82, 2.24) is 10.7 Å². The fourth-order valence-corrected chi connectivity index (χ4v) is 2.43. The second-order valence-corrected chi connectivity index (χ2v) is 5.97. The van der Waals surface area contributed by atoms with Gasteiger partial charge in [0.05, 0.1) is 37.0 Å². The number of methoxy groups -OCH3 is 2. The number of halogens is 2. The second kappa shape index (κ2) is 9.80. The number of carbonyl (C=O) groups excluding carboxylic acids is 2. The number of nitrogens with one attached hydrogen (secondary N) is 2. The maximum absolute atomic E-state index is 12.1. The van der Waals surface area contributed by atoms with E-state index in [1.165, 1.54) is 26.5 Å². The minimum Gasteiger partial charge on any atom is -0.493 e. The highest BCUT2D eigenvalue weighted by Gasteiger charge is 2.11. The van der Waals surface area contributed by atoms with Crippen LogP contribution >= 0.6 is 23.2 Å². The van der Waals surface area contributed by atoms with E-state index in [0.29, 0.717) is 32.7 Å². The number of hydrogen-bond acceptors (Lipinski definition) is 5. The van der Waals surface area contributed by atoms with Gasteiger partial charge < -0.3 is 14.8 Å². The summed E-state index contributed by atoms with van der Waals surface area (Å²) in [6, 6.07) is 9.74. The number of nitrogens with zero attached hydrogens (tertiary/aromatic N) is 1. The first-order valence-electron chi connectivity index (χ1n) is 7.72. The molecule has 2 amide bonds. The highest BCUT2D eigenvalue weighted by Crippen LogP contribution is 2.27. The Kier molecular flexibility index (Phi) is 7.45. The normalized spacial score (nSPS) is 10.5. The Labute approximate surface area is 166 Å². The average molecular weight is 410 g/mol.